The zero-order valence-corrected chi connectivity index (χ0v) is 9.39. The third-order valence-corrected chi connectivity index (χ3v) is 2.96. The lowest BCUT2D eigenvalue weighted by Crippen LogP contribution is -2.15. The molecular formula is C11H14BrN. The van der Waals surface area contributed by atoms with Crippen LogP contribution in [0.4, 0.5) is 0 Å². The Morgan fingerprint density at radius 3 is 2.92 bits per heavy atom. The summed E-state index contributed by atoms with van der Waals surface area (Å²) in [6.45, 7) is 3.17. The number of aryl methyl sites for hydroxylation is 1. The summed E-state index contributed by atoms with van der Waals surface area (Å²) in [5.41, 5.74) is 2.78. The van der Waals surface area contributed by atoms with E-state index < -0.39 is 0 Å². The minimum absolute atomic E-state index is 0.790. The number of hydrogen-bond donors (Lipinski definition) is 1. The van der Waals surface area contributed by atoms with Crippen LogP contribution in [0.25, 0.3) is 0 Å². The third kappa shape index (κ3) is 2.55. The van der Waals surface area contributed by atoms with Gasteiger partial charge in [0, 0.05) is 17.1 Å². The predicted molar refractivity (Wildman–Crippen MR) is 58.7 cm³/mol. The molecular weight excluding hydrogens is 226 g/mol. The molecule has 2 heteroatoms. The fourth-order valence-electron chi connectivity index (χ4n) is 1.37. The Kier molecular flexibility index (Phi) is 2.70. The summed E-state index contributed by atoms with van der Waals surface area (Å²) in [5.74, 6) is 0. The Labute approximate surface area is 87.7 Å². The molecule has 1 aromatic carbocycles. The summed E-state index contributed by atoms with van der Waals surface area (Å²) < 4.78 is 1.17. The van der Waals surface area contributed by atoms with Gasteiger partial charge in [-0.25, -0.2) is 0 Å². The Hall–Kier alpha value is -0.340. The van der Waals surface area contributed by atoms with Gasteiger partial charge >= 0.3 is 0 Å². The maximum atomic E-state index is 3.52. The SMILES string of the molecule is Cc1ccc(Br)cc1CNC1CC1. The number of nitrogens with one attached hydrogen (secondary N) is 1. The minimum atomic E-state index is 0.790. The van der Waals surface area contributed by atoms with Crippen LogP contribution in [0.5, 0.6) is 0 Å². The molecule has 1 N–H and O–H groups in total. The van der Waals surface area contributed by atoms with E-state index >= 15 is 0 Å². The summed E-state index contributed by atoms with van der Waals surface area (Å²) >= 11 is 3.49. The molecule has 0 atom stereocenters. The van der Waals surface area contributed by atoms with Gasteiger partial charge in [0.1, 0.15) is 0 Å². The van der Waals surface area contributed by atoms with Crippen LogP contribution in [0.2, 0.25) is 0 Å². The fourth-order valence-corrected chi connectivity index (χ4v) is 1.78. The van der Waals surface area contributed by atoms with Crippen LogP contribution < -0.4 is 5.32 Å². The third-order valence-electron chi connectivity index (χ3n) is 2.47. The summed E-state index contributed by atoms with van der Waals surface area (Å²) in [6.07, 6.45) is 2.71. The fraction of sp³-hybridized carbons (Fsp3) is 0.455. The van der Waals surface area contributed by atoms with Crippen molar-refractivity contribution in [1.29, 1.82) is 0 Å². The highest BCUT2D eigenvalue weighted by molar-refractivity contribution is 9.10. The molecule has 1 aromatic rings. The standard InChI is InChI=1S/C11H14BrN/c1-8-2-3-10(12)6-9(8)7-13-11-4-5-11/h2-3,6,11,13H,4-5,7H2,1H3. The molecule has 13 heavy (non-hydrogen) atoms. The van der Waals surface area contributed by atoms with Crippen LogP contribution in [0.3, 0.4) is 0 Å². The molecule has 0 saturated heterocycles. The van der Waals surface area contributed by atoms with Crippen LogP contribution in [0.15, 0.2) is 22.7 Å². The first-order chi connectivity index (χ1) is 6.25. The quantitative estimate of drug-likeness (QED) is 0.856. The molecule has 1 aliphatic rings. The molecule has 0 aliphatic heterocycles. The van der Waals surface area contributed by atoms with Crippen LogP contribution in [-0.2, 0) is 6.54 Å². The Balaban J connectivity index is 2.03. The van der Waals surface area contributed by atoms with Gasteiger partial charge in [-0.1, -0.05) is 22.0 Å². The molecule has 0 bridgehead atoms. The van der Waals surface area contributed by atoms with Gasteiger partial charge in [-0.3, -0.25) is 0 Å². The number of benzene rings is 1. The van der Waals surface area contributed by atoms with Gasteiger partial charge in [0.25, 0.3) is 0 Å². The molecule has 1 nitrogen and oxygen atoms in total. The molecule has 0 heterocycles. The van der Waals surface area contributed by atoms with E-state index in [4.69, 9.17) is 0 Å². The summed E-state index contributed by atoms with van der Waals surface area (Å²) in [6, 6.07) is 7.24. The molecule has 1 fully saturated rings. The van der Waals surface area contributed by atoms with Crippen molar-refractivity contribution in [3.05, 3.63) is 33.8 Å². The lowest BCUT2D eigenvalue weighted by molar-refractivity contribution is 0.685. The molecule has 0 radical (unpaired) electrons. The van der Waals surface area contributed by atoms with E-state index in [1.807, 2.05) is 0 Å². The van der Waals surface area contributed by atoms with E-state index in [0.29, 0.717) is 0 Å². The number of hydrogen-bond acceptors (Lipinski definition) is 1. The Bertz CT molecular complexity index is 305. The molecule has 1 saturated carbocycles. The molecule has 0 amide bonds. The van der Waals surface area contributed by atoms with Crippen molar-refractivity contribution >= 4 is 15.9 Å². The molecule has 0 spiro atoms. The first-order valence-electron chi connectivity index (χ1n) is 4.74. The van der Waals surface area contributed by atoms with E-state index in [0.717, 1.165) is 12.6 Å². The van der Waals surface area contributed by atoms with Gasteiger partial charge in [-0.05, 0) is 43.0 Å². The summed E-state index contributed by atoms with van der Waals surface area (Å²) in [5, 5.41) is 3.52. The van der Waals surface area contributed by atoms with E-state index in [1.165, 1.54) is 28.4 Å². The molecule has 70 valence electrons. The van der Waals surface area contributed by atoms with Crippen molar-refractivity contribution in [1.82, 2.24) is 5.32 Å². The van der Waals surface area contributed by atoms with Gasteiger partial charge in [-0.2, -0.15) is 0 Å². The van der Waals surface area contributed by atoms with Crippen molar-refractivity contribution in [3.63, 3.8) is 0 Å². The van der Waals surface area contributed by atoms with Gasteiger partial charge in [0.05, 0.1) is 0 Å². The second kappa shape index (κ2) is 3.81. The van der Waals surface area contributed by atoms with Crippen LogP contribution >= 0.6 is 15.9 Å². The topological polar surface area (TPSA) is 12.0 Å². The maximum absolute atomic E-state index is 3.52. The number of rotatable bonds is 3. The second-order valence-electron chi connectivity index (χ2n) is 3.73. The van der Waals surface area contributed by atoms with E-state index in [1.54, 1.807) is 0 Å². The summed E-state index contributed by atoms with van der Waals surface area (Å²) in [7, 11) is 0. The van der Waals surface area contributed by atoms with E-state index in [2.05, 4.69) is 46.4 Å². The smallest absolute Gasteiger partial charge is 0.0211 e. The maximum Gasteiger partial charge on any atom is 0.0211 e. The van der Waals surface area contributed by atoms with Gasteiger partial charge in [0.15, 0.2) is 0 Å². The second-order valence-corrected chi connectivity index (χ2v) is 4.64. The highest BCUT2D eigenvalue weighted by Gasteiger charge is 2.20. The largest absolute Gasteiger partial charge is 0.310 e. The first kappa shape index (κ1) is 9.22. The normalized spacial score (nSPS) is 16.2. The lowest BCUT2D eigenvalue weighted by Gasteiger charge is -2.07. The molecule has 2 rings (SSSR count). The van der Waals surface area contributed by atoms with E-state index in [-0.39, 0.29) is 0 Å². The minimum Gasteiger partial charge on any atom is -0.310 e. The predicted octanol–water partition coefficient (Wildman–Crippen LogP) is 3.01. The van der Waals surface area contributed by atoms with Crippen LogP contribution in [0, 0.1) is 6.92 Å². The Morgan fingerprint density at radius 2 is 2.23 bits per heavy atom. The monoisotopic (exact) mass is 239 g/mol. The van der Waals surface area contributed by atoms with E-state index in [9.17, 15) is 0 Å². The number of halogens is 1. The van der Waals surface area contributed by atoms with Crippen molar-refractivity contribution in [2.75, 3.05) is 0 Å². The van der Waals surface area contributed by atoms with Crippen LogP contribution in [0.1, 0.15) is 24.0 Å². The van der Waals surface area contributed by atoms with Crippen molar-refractivity contribution in [3.8, 4) is 0 Å². The molecule has 0 aromatic heterocycles. The van der Waals surface area contributed by atoms with Crippen LogP contribution in [-0.4, -0.2) is 6.04 Å². The highest BCUT2D eigenvalue weighted by Crippen LogP contribution is 2.21. The average Bonchev–Trinajstić information content (AvgIpc) is 2.90. The van der Waals surface area contributed by atoms with Gasteiger partial charge in [0.2, 0.25) is 0 Å². The lowest BCUT2D eigenvalue weighted by atomic mass is 10.1. The summed E-state index contributed by atoms with van der Waals surface area (Å²) in [4.78, 5) is 0. The van der Waals surface area contributed by atoms with Gasteiger partial charge in [-0.15, -0.1) is 0 Å². The molecule has 1 aliphatic carbocycles. The average molecular weight is 240 g/mol. The zero-order chi connectivity index (χ0) is 9.26. The zero-order valence-electron chi connectivity index (χ0n) is 7.81. The molecule has 0 unspecified atom stereocenters. The van der Waals surface area contributed by atoms with Crippen molar-refractivity contribution in [2.24, 2.45) is 0 Å². The van der Waals surface area contributed by atoms with Crippen molar-refractivity contribution < 1.29 is 0 Å². The van der Waals surface area contributed by atoms with Gasteiger partial charge < -0.3 is 5.32 Å². The first-order valence-corrected chi connectivity index (χ1v) is 5.53. The Morgan fingerprint density at radius 1 is 1.46 bits per heavy atom. The van der Waals surface area contributed by atoms with Crippen molar-refractivity contribution in [2.45, 2.75) is 32.4 Å². The highest BCUT2D eigenvalue weighted by atomic mass is 79.9.